The SMILES string of the molecule is COC(=O)c1cc(N)cnc1Nc1ccc(F)c(OC)c1. The minimum Gasteiger partial charge on any atom is -0.494 e. The highest BCUT2D eigenvalue weighted by molar-refractivity contribution is 5.96. The molecule has 0 radical (unpaired) electrons. The molecule has 1 aromatic heterocycles. The lowest BCUT2D eigenvalue weighted by molar-refractivity contribution is 0.0601. The van der Waals surface area contributed by atoms with E-state index in [2.05, 4.69) is 15.0 Å². The second-order valence-electron chi connectivity index (χ2n) is 4.13. The normalized spacial score (nSPS) is 10.0. The van der Waals surface area contributed by atoms with Crippen LogP contribution >= 0.6 is 0 Å². The Kier molecular flexibility index (Phi) is 4.22. The smallest absolute Gasteiger partial charge is 0.341 e. The summed E-state index contributed by atoms with van der Waals surface area (Å²) in [6.07, 6.45) is 1.40. The number of esters is 1. The molecular formula is C14H14FN3O3. The maximum absolute atomic E-state index is 13.4. The Morgan fingerprint density at radius 3 is 2.76 bits per heavy atom. The first-order valence-corrected chi connectivity index (χ1v) is 5.99. The van der Waals surface area contributed by atoms with E-state index in [9.17, 15) is 9.18 Å². The molecule has 0 unspecified atom stereocenters. The first kappa shape index (κ1) is 14.6. The number of hydrogen-bond donors (Lipinski definition) is 2. The van der Waals surface area contributed by atoms with Crippen molar-refractivity contribution in [3.05, 3.63) is 41.8 Å². The van der Waals surface area contributed by atoms with E-state index in [0.29, 0.717) is 11.4 Å². The topological polar surface area (TPSA) is 86.5 Å². The van der Waals surface area contributed by atoms with Crippen LogP contribution in [-0.2, 0) is 4.74 Å². The van der Waals surface area contributed by atoms with Gasteiger partial charge in [0.15, 0.2) is 11.6 Å². The molecule has 0 aliphatic rings. The summed E-state index contributed by atoms with van der Waals surface area (Å²) in [6, 6.07) is 5.64. The predicted octanol–water partition coefficient (Wildman–Crippen LogP) is 2.34. The summed E-state index contributed by atoms with van der Waals surface area (Å²) in [5.74, 6) is -0.729. The molecule has 3 N–H and O–H groups in total. The lowest BCUT2D eigenvalue weighted by Crippen LogP contribution is -2.08. The first-order valence-electron chi connectivity index (χ1n) is 5.99. The van der Waals surface area contributed by atoms with Gasteiger partial charge in [0, 0.05) is 11.8 Å². The molecule has 0 amide bonds. The van der Waals surface area contributed by atoms with E-state index in [1.165, 1.54) is 44.7 Å². The van der Waals surface area contributed by atoms with Crippen molar-refractivity contribution in [2.24, 2.45) is 0 Å². The number of pyridine rings is 1. The zero-order chi connectivity index (χ0) is 15.4. The van der Waals surface area contributed by atoms with Gasteiger partial charge in [-0.1, -0.05) is 0 Å². The van der Waals surface area contributed by atoms with Crippen LogP contribution < -0.4 is 15.8 Å². The number of nitrogens with one attached hydrogen (secondary N) is 1. The average Bonchev–Trinajstić information content (AvgIpc) is 2.50. The van der Waals surface area contributed by atoms with E-state index in [4.69, 9.17) is 10.5 Å². The summed E-state index contributed by atoms with van der Waals surface area (Å²) in [6.45, 7) is 0. The number of nitrogen functional groups attached to an aromatic ring is 1. The molecule has 0 bridgehead atoms. The van der Waals surface area contributed by atoms with Crippen LogP contribution in [0, 0.1) is 5.82 Å². The zero-order valence-corrected chi connectivity index (χ0v) is 11.5. The van der Waals surface area contributed by atoms with E-state index >= 15 is 0 Å². The first-order chi connectivity index (χ1) is 10.0. The van der Waals surface area contributed by atoms with Gasteiger partial charge in [-0.05, 0) is 18.2 Å². The molecule has 0 aliphatic heterocycles. The van der Waals surface area contributed by atoms with Gasteiger partial charge in [-0.3, -0.25) is 0 Å². The van der Waals surface area contributed by atoms with E-state index in [1.807, 2.05) is 0 Å². The summed E-state index contributed by atoms with van der Waals surface area (Å²) in [5.41, 5.74) is 6.63. The second kappa shape index (κ2) is 6.08. The van der Waals surface area contributed by atoms with Crippen LogP contribution in [-0.4, -0.2) is 25.2 Å². The second-order valence-corrected chi connectivity index (χ2v) is 4.13. The molecule has 0 aliphatic carbocycles. The number of anilines is 3. The molecule has 0 spiro atoms. The van der Waals surface area contributed by atoms with Crippen molar-refractivity contribution in [1.29, 1.82) is 0 Å². The Morgan fingerprint density at radius 2 is 2.10 bits per heavy atom. The third-order valence-electron chi connectivity index (χ3n) is 2.73. The van der Waals surface area contributed by atoms with Gasteiger partial charge < -0.3 is 20.5 Å². The summed E-state index contributed by atoms with van der Waals surface area (Å²) in [5, 5.41) is 2.90. The Bertz CT molecular complexity index is 677. The number of ether oxygens (including phenoxy) is 2. The Labute approximate surface area is 120 Å². The fourth-order valence-electron chi connectivity index (χ4n) is 1.72. The van der Waals surface area contributed by atoms with Crippen molar-refractivity contribution >= 4 is 23.2 Å². The molecule has 6 nitrogen and oxygen atoms in total. The average molecular weight is 291 g/mol. The highest BCUT2D eigenvalue weighted by Crippen LogP contribution is 2.26. The maximum Gasteiger partial charge on any atom is 0.341 e. The molecule has 0 atom stereocenters. The minimum atomic E-state index is -0.577. The number of halogens is 1. The van der Waals surface area contributed by atoms with Crippen LogP contribution in [0.1, 0.15) is 10.4 Å². The van der Waals surface area contributed by atoms with Crippen LogP contribution in [0.3, 0.4) is 0 Å². The number of benzene rings is 1. The number of nitrogens with zero attached hydrogens (tertiary/aromatic N) is 1. The number of carbonyl (C=O) groups excluding carboxylic acids is 1. The monoisotopic (exact) mass is 291 g/mol. The summed E-state index contributed by atoms with van der Waals surface area (Å²) >= 11 is 0. The lowest BCUT2D eigenvalue weighted by atomic mass is 10.2. The molecule has 110 valence electrons. The molecule has 21 heavy (non-hydrogen) atoms. The molecule has 0 fully saturated rings. The Hall–Kier alpha value is -2.83. The van der Waals surface area contributed by atoms with Crippen LogP contribution in [0.4, 0.5) is 21.6 Å². The van der Waals surface area contributed by atoms with Crippen molar-refractivity contribution < 1.29 is 18.7 Å². The van der Waals surface area contributed by atoms with Crippen molar-refractivity contribution in [1.82, 2.24) is 4.98 Å². The van der Waals surface area contributed by atoms with Crippen molar-refractivity contribution in [2.45, 2.75) is 0 Å². The highest BCUT2D eigenvalue weighted by Gasteiger charge is 2.14. The molecule has 1 heterocycles. The molecular weight excluding hydrogens is 277 g/mol. The van der Waals surface area contributed by atoms with Crippen molar-refractivity contribution in [3.63, 3.8) is 0 Å². The number of nitrogens with two attached hydrogens (primary N) is 1. The van der Waals surface area contributed by atoms with E-state index in [-0.39, 0.29) is 17.1 Å². The van der Waals surface area contributed by atoms with Crippen LogP contribution in [0.25, 0.3) is 0 Å². The van der Waals surface area contributed by atoms with Gasteiger partial charge in [-0.2, -0.15) is 0 Å². The molecule has 0 saturated carbocycles. The molecule has 0 saturated heterocycles. The largest absolute Gasteiger partial charge is 0.494 e. The summed E-state index contributed by atoms with van der Waals surface area (Å²) in [7, 11) is 2.62. The molecule has 2 aromatic rings. The van der Waals surface area contributed by atoms with E-state index in [0.717, 1.165) is 0 Å². The van der Waals surface area contributed by atoms with Gasteiger partial charge in [-0.25, -0.2) is 14.2 Å². The fraction of sp³-hybridized carbons (Fsp3) is 0.143. The quantitative estimate of drug-likeness (QED) is 0.841. The zero-order valence-electron chi connectivity index (χ0n) is 11.5. The highest BCUT2D eigenvalue weighted by atomic mass is 19.1. The summed E-state index contributed by atoms with van der Waals surface area (Å²) in [4.78, 5) is 15.8. The number of hydrogen-bond acceptors (Lipinski definition) is 6. The van der Waals surface area contributed by atoms with Crippen LogP contribution in [0.5, 0.6) is 5.75 Å². The van der Waals surface area contributed by atoms with Crippen molar-refractivity contribution in [3.8, 4) is 5.75 Å². The van der Waals surface area contributed by atoms with Gasteiger partial charge >= 0.3 is 5.97 Å². The summed E-state index contributed by atoms with van der Waals surface area (Å²) < 4.78 is 22.9. The molecule has 1 aromatic carbocycles. The third-order valence-corrected chi connectivity index (χ3v) is 2.73. The standard InChI is InChI=1S/C14H14FN3O3/c1-20-12-6-9(3-4-11(12)15)18-13-10(14(19)21-2)5-8(16)7-17-13/h3-7H,16H2,1-2H3,(H,17,18). The lowest BCUT2D eigenvalue weighted by Gasteiger charge is -2.11. The van der Waals surface area contributed by atoms with Crippen molar-refractivity contribution in [2.75, 3.05) is 25.3 Å². The van der Waals surface area contributed by atoms with E-state index < -0.39 is 11.8 Å². The Morgan fingerprint density at radius 1 is 1.33 bits per heavy atom. The van der Waals surface area contributed by atoms with Gasteiger partial charge in [-0.15, -0.1) is 0 Å². The Balaban J connectivity index is 2.37. The maximum atomic E-state index is 13.4. The molecule has 7 heteroatoms. The van der Waals surface area contributed by atoms with Gasteiger partial charge in [0.2, 0.25) is 0 Å². The van der Waals surface area contributed by atoms with Gasteiger partial charge in [0.1, 0.15) is 11.4 Å². The molecule has 2 rings (SSSR count). The number of rotatable bonds is 4. The minimum absolute atomic E-state index is 0.0788. The van der Waals surface area contributed by atoms with Gasteiger partial charge in [0.05, 0.1) is 26.1 Å². The van der Waals surface area contributed by atoms with Crippen LogP contribution in [0.2, 0.25) is 0 Å². The number of methoxy groups -OCH3 is 2. The van der Waals surface area contributed by atoms with E-state index in [1.54, 1.807) is 0 Å². The third kappa shape index (κ3) is 3.19. The van der Waals surface area contributed by atoms with Crippen LogP contribution in [0.15, 0.2) is 30.5 Å². The number of carbonyl (C=O) groups is 1. The van der Waals surface area contributed by atoms with Gasteiger partial charge in [0.25, 0.3) is 0 Å². The fourth-order valence-corrected chi connectivity index (χ4v) is 1.72. The predicted molar refractivity (Wildman–Crippen MR) is 76.2 cm³/mol. The number of aromatic nitrogens is 1.